The van der Waals surface area contributed by atoms with Gasteiger partial charge in [-0.25, -0.2) is 4.39 Å². The second-order valence-corrected chi connectivity index (χ2v) is 8.78. The number of hydrogen-bond donors (Lipinski definition) is 2. The Morgan fingerprint density at radius 3 is 2.47 bits per heavy atom. The third-order valence-electron chi connectivity index (χ3n) is 5.08. The molecule has 3 aromatic carbocycles. The summed E-state index contributed by atoms with van der Waals surface area (Å²) in [4.78, 5) is 12.5. The summed E-state index contributed by atoms with van der Waals surface area (Å²) in [6.45, 7) is 2.48. The van der Waals surface area contributed by atoms with Gasteiger partial charge in [0.25, 0.3) is 0 Å². The van der Waals surface area contributed by atoms with Crippen molar-refractivity contribution < 1.29 is 9.18 Å². The zero-order chi connectivity index (χ0) is 23.9. The van der Waals surface area contributed by atoms with E-state index in [9.17, 15) is 9.18 Å². The molecule has 2 N–H and O–H groups in total. The van der Waals surface area contributed by atoms with Crippen LogP contribution < -0.4 is 10.6 Å². The molecule has 4 aromatic rings. The Morgan fingerprint density at radius 1 is 1.03 bits per heavy atom. The first-order valence-corrected chi connectivity index (χ1v) is 12.1. The highest BCUT2D eigenvalue weighted by atomic mass is 35.5. The standard InChI is InChI=1S/C25H23ClFN5OS/c1-2-17-7-13-20(14-8-17)32-23(15-28-19-11-9-18(27)10-12-19)30-31-25(32)34-16-24(33)29-22-6-4-3-5-21(22)26/h3-14,28H,2,15-16H2,1H3,(H,29,33). The first kappa shape index (κ1) is 23.8. The van der Waals surface area contributed by atoms with E-state index in [-0.39, 0.29) is 17.5 Å². The average Bonchev–Trinajstić information content (AvgIpc) is 3.26. The number of aryl methyl sites for hydroxylation is 1. The number of nitrogens with one attached hydrogen (secondary N) is 2. The van der Waals surface area contributed by atoms with Crippen LogP contribution in [0.2, 0.25) is 5.02 Å². The van der Waals surface area contributed by atoms with Crippen molar-refractivity contribution in [3.8, 4) is 5.69 Å². The van der Waals surface area contributed by atoms with E-state index in [1.807, 2.05) is 22.8 Å². The van der Waals surface area contributed by atoms with Gasteiger partial charge in [0.15, 0.2) is 11.0 Å². The van der Waals surface area contributed by atoms with E-state index < -0.39 is 0 Å². The van der Waals surface area contributed by atoms with Crippen molar-refractivity contribution in [2.45, 2.75) is 25.0 Å². The van der Waals surface area contributed by atoms with Crippen LogP contribution in [-0.4, -0.2) is 26.4 Å². The minimum atomic E-state index is -0.293. The highest BCUT2D eigenvalue weighted by molar-refractivity contribution is 7.99. The van der Waals surface area contributed by atoms with Crippen molar-refractivity contribution >= 4 is 40.6 Å². The molecule has 0 aliphatic carbocycles. The minimum absolute atomic E-state index is 0.141. The van der Waals surface area contributed by atoms with Gasteiger partial charge in [0.05, 0.1) is 23.0 Å². The fourth-order valence-corrected chi connectivity index (χ4v) is 4.23. The first-order chi connectivity index (χ1) is 16.5. The normalized spacial score (nSPS) is 10.8. The number of anilines is 2. The molecule has 0 aliphatic rings. The maximum Gasteiger partial charge on any atom is 0.234 e. The number of aromatic nitrogens is 3. The Morgan fingerprint density at radius 2 is 1.76 bits per heavy atom. The van der Waals surface area contributed by atoms with Crippen LogP contribution >= 0.6 is 23.4 Å². The van der Waals surface area contributed by atoms with Crippen molar-refractivity contribution in [2.24, 2.45) is 0 Å². The summed E-state index contributed by atoms with van der Waals surface area (Å²) in [6, 6.07) is 21.4. The topological polar surface area (TPSA) is 71.8 Å². The van der Waals surface area contributed by atoms with E-state index in [1.54, 1.807) is 30.3 Å². The lowest BCUT2D eigenvalue weighted by molar-refractivity contribution is -0.113. The van der Waals surface area contributed by atoms with Gasteiger partial charge in [-0.3, -0.25) is 9.36 Å². The van der Waals surface area contributed by atoms with E-state index >= 15 is 0 Å². The van der Waals surface area contributed by atoms with Crippen LogP contribution in [0.5, 0.6) is 0 Å². The smallest absolute Gasteiger partial charge is 0.234 e. The van der Waals surface area contributed by atoms with Gasteiger partial charge >= 0.3 is 0 Å². The number of carbonyl (C=O) groups is 1. The summed E-state index contributed by atoms with van der Waals surface area (Å²) in [5, 5.41) is 15.8. The molecule has 0 atom stereocenters. The van der Waals surface area contributed by atoms with E-state index in [2.05, 4.69) is 39.9 Å². The van der Waals surface area contributed by atoms with E-state index in [0.29, 0.717) is 28.2 Å². The molecule has 0 unspecified atom stereocenters. The van der Waals surface area contributed by atoms with Crippen molar-refractivity contribution in [2.75, 3.05) is 16.4 Å². The van der Waals surface area contributed by atoms with Crippen LogP contribution in [0.4, 0.5) is 15.8 Å². The van der Waals surface area contributed by atoms with Crippen LogP contribution in [0.1, 0.15) is 18.3 Å². The predicted molar refractivity (Wildman–Crippen MR) is 135 cm³/mol. The lowest BCUT2D eigenvalue weighted by atomic mass is 10.1. The second kappa shape index (κ2) is 11.2. The van der Waals surface area contributed by atoms with Gasteiger partial charge in [0.1, 0.15) is 5.82 Å². The van der Waals surface area contributed by atoms with Gasteiger partial charge in [0.2, 0.25) is 5.91 Å². The lowest BCUT2D eigenvalue weighted by Crippen LogP contribution is -2.15. The predicted octanol–water partition coefficient (Wildman–Crippen LogP) is 5.97. The van der Waals surface area contributed by atoms with Crippen LogP contribution in [-0.2, 0) is 17.8 Å². The molecule has 0 spiro atoms. The molecule has 0 aliphatic heterocycles. The number of nitrogens with zero attached hydrogens (tertiary/aromatic N) is 3. The molecule has 1 heterocycles. The maximum absolute atomic E-state index is 13.2. The number of thioether (sulfide) groups is 1. The fourth-order valence-electron chi connectivity index (χ4n) is 3.28. The fraction of sp³-hybridized carbons (Fsp3) is 0.160. The molecule has 1 amide bonds. The molecular weight excluding hydrogens is 473 g/mol. The van der Waals surface area contributed by atoms with Crippen molar-refractivity contribution in [3.05, 3.63) is 95.0 Å². The lowest BCUT2D eigenvalue weighted by Gasteiger charge is -2.12. The summed E-state index contributed by atoms with van der Waals surface area (Å²) in [7, 11) is 0. The molecule has 0 saturated heterocycles. The Kier molecular flexibility index (Phi) is 7.82. The number of para-hydroxylation sites is 1. The highest BCUT2D eigenvalue weighted by Crippen LogP contribution is 2.25. The molecule has 0 saturated carbocycles. The molecule has 4 rings (SSSR count). The van der Waals surface area contributed by atoms with Gasteiger partial charge in [0, 0.05) is 11.4 Å². The van der Waals surface area contributed by atoms with Crippen molar-refractivity contribution in [3.63, 3.8) is 0 Å². The summed E-state index contributed by atoms with van der Waals surface area (Å²) >= 11 is 7.42. The Labute approximate surface area is 206 Å². The molecule has 0 radical (unpaired) electrons. The number of amides is 1. The van der Waals surface area contributed by atoms with Gasteiger partial charge < -0.3 is 10.6 Å². The third kappa shape index (κ3) is 5.95. The molecular formula is C25H23ClFN5OS. The number of benzene rings is 3. The first-order valence-electron chi connectivity index (χ1n) is 10.7. The zero-order valence-corrected chi connectivity index (χ0v) is 20.0. The Hall–Kier alpha value is -3.36. The van der Waals surface area contributed by atoms with E-state index in [4.69, 9.17) is 11.6 Å². The minimum Gasteiger partial charge on any atom is -0.378 e. The highest BCUT2D eigenvalue weighted by Gasteiger charge is 2.16. The van der Waals surface area contributed by atoms with Crippen LogP contribution in [0.15, 0.2) is 78.0 Å². The van der Waals surface area contributed by atoms with Gasteiger partial charge in [-0.1, -0.05) is 54.6 Å². The molecule has 6 nitrogen and oxygen atoms in total. The van der Waals surface area contributed by atoms with Gasteiger partial charge in [-0.2, -0.15) is 0 Å². The van der Waals surface area contributed by atoms with Crippen molar-refractivity contribution in [1.29, 1.82) is 0 Å². The molecule has 0 bridgehead atoms. The van der Waals surface area contributed by atoms with Crippen LogP contribution in [0.25, 0.3) is 5.69 Å². The summed E-state index contributed by atoms with van der Waals surface area (Å²) in [5.74, 6) is 0.322. The monoisotopic (exact) mass is 495 g/mol. The van der Waals surface area contributed by atoms with Gasteiger partial charge in [-0.05, 0) is 60.5 Å². The largest absolute Gasteiger partial charge is 0.378 e. The maximum atomic E-state index is 13.2. The van der Waals surface area contributed by atoms with Crippen LogP contribution in [0, 0.1) is 5.82 Å². The second-order valence-electron chi connectivity index (χ2n) is 7.43. The number of carbonyl (C=O) groups excluding carboxylic acids is 1. The van der Waals surface area contributed by atoms with Crippen molar-refractivity contribution in [1.82, 2.24) is 14.8 Å². The SMILES string of the molecule is CCc1ccc(-n2c(CNc3ccc(F)cc3)nnc2SCC(=O)Nc2ccccc2Cl)cc1. The summed E-state index contributed by atoms with van der Waals surface area (Å²) < 4.78 is 15.1. The summed E-state index contributed by atoms with van der Waals surface area (Å²) in [5.41, 5.74) is 3.45. The molecule has 0 fully saturated rings. The quantitative estimate of drug-likeness (QED) is 0.280. The number of halogens is 2. The average molecular weight is 496 g/mol. The summed E-state index contributed by atoms with van der Waals surface area (Å²) in [6.07, 6.45) is 0.936. The third-order valence-corrected chi connectivity index (χ3v) is 6.34. The molecule has 1 aromatic heterocycles. The molecule has 9 heteroatoms. The zero-order valence-electron chi connectivity index (χ0n) is 18.5. The Bertz CT molecular complexity index is 1260. The van der Waals surface area contributed by atoms with E-state index in [1.165, 1.54) is 29.5 Å². The molecule has 34 heavy (non-hydrogen) atoms. The van der Waals surface area contributed by atoms with E-state index in [0.717, 1.165) is 17.8 Å². The van der Waals surface area contributed by atoms with Gasteiger partial charge in [-0.15, -0.1) is 10.2 Å². The molecule has 174 valence electrons. The number of hydrogen-bond acceptors (Lipinski definition) is 5. The Balaban J connectivity index is 1.52. The van der Waals surface area contributed by atoms with Crippen LogP contribution in [0.3, 0.4) is 0 Å². The number of rotatable bonds is 9.